The van der Waals surface area contributed by atoms with E-state index in [-0.39, 0.29) is 5.41 Å². The molecule has 104 valence electrons. The molecule has 6 heteroatoms. The number of anilines is 1. The summed E-state index contributed by atoms with van der Waals surface area (Å²) in [6.07, 6.45) is 6.56. The number of nitrogens with one attached hydrogen (secondary N) is 1. The second-order valence-electron chi connectivity index (χ2n) is 5.33. The molecule has 0 unspecified atom stereocenters. The molecule has 0 bridgehead atoms. The minimum atomic E-state index is 0.142. The summed E-state index contributed by atoms with van der Waals surface area (Å²) in [5.41, 5.74) is 0.981. The first-order valence-electron chi connectivity index (χ1n) is 6.24. The van der Waals surface area contributed by atoms with E-state index in [0.29, 0.717) is 0 Å². The Morgan fingerprint density at radius 3 is 3.00 bits per heavy atom. The molecule has 0 saturated heterocycles. The Labute approximate surface area is 121 Å². The molecule has 0 saturated carbocycles. The van der Waals surface area contributed by atoms with Gasteiger partial charge in [0.1, 0.15) is 4.60 Å². The van der Waals surface area contributed by atoms with E-state index in [0.717, 1.165) is 35.6 Å². The van der Waals surface area contributed by atoms with Crippen molar-refractivity contribution in [2.24, 2.45) is 5.41 Å². The molecule has 2 aromatic rings. The summed E-state index contributed by atoms with van der Waals surface area (Å²) in [4.78, 5) is 8.76. The van der Waals surface area contributed by atoms with E-state index in [4.69, 9.17) is 4.74 Å². The summed E-state index contributed by atoms with van der Waals surface area (Å²) in [7, 11) is 1.73. The SMILES string of the molecule is COCCC(C)(C)CNc1nc(Br)cn2ccnc12. The topological polar surface area (TPSA) is 51.5 Å². The van der Waals surface area contributed by atoms with Crippen molar-refractivity contribution in [1.82, 2.24) is 14.4 Å². The standard InChI is InChI=1S/C13H19BrN4O/c1-13(2,4-7-19-3)9-16-11-12-15-5-6-18(12)8-10(14)17-11/h5-6,8H,4,7,9H2,1-3H3,(H,16,17). The van der Waals surface area contributed by atoms with Gasteiger partial charge in [-0.1, -0.05) is 13.8 Å². The van der Waals surface area contributed by atoms with E-state index < -0.39 is 0 Å². The van der Waals surface area contributed by atoms with Gasteiger partial charge in [-0.2, -0.15) is 0 Å². The first kappa shape index (κ1) is 14.3. The van der Waals surface area contributed by atoms with Crippen molar-refractivity contribution in [1.29, 1.82) is 0 Å². The van der Waals surface area contributed by atoms with Crippen LogP contribution in [-0.2, 0) is 4.74 Å². The number of imidazole rings is 1. The lowest BCUT2D eigenvalue weighted by atomic mass is 9.90. The molecule has 0 aliphatic heterocycles. The minimum Gasteiger partial charge on any atom is -0.385 e. The number of rotatable bonds is 6. The molecule has 0 aliphatic rings. The lowest BCUT2D eigenvalue weighted by Gasteiger charge is -2.24. The van der Waals surface area contributed by atoms with Gasteiger partial charge in [0.05, 0.1) is 0 Å². The maximum atomic E-state index is 5.14. The van der Waals surface area contributed by atoms with Gasteiger partial charge in [-0.3, -0.25) is 0 Å². The highest BCUT2D eigenvalue weighted by Gasteiger charge is 2.18. The molecule has 5 nitrogen and oxygen atoms in total. The van der Waals surface area contributed by atoms with Crippen molar-refractivity contribution in [3.8, 4) is 0 Å². The van der Waals surface area contributed by atoms with E-state index in [1.807, 2.05) is 16.8 Å². The van der Waals surface area contributed by atoms with Crippen LogP contribution < -0.4 is 5.32 Å². The van der Waals surface area contributed by atoms with Crippen LogP contribution in [0.15, 0.2) is 23.2 Å². The molecule has 2 heterocycles. The molecule has 19 heavy (non-hydrogen) atoms. The highest BCUT2D eigenvalue weighted by molar-refractivity contribution is 9.10. The molecule has 0 radical (unpaired) electrons. The smallest absolute Gasteiger partial charge is 0.180 e. The van der Waals surface area contributed by atoms with Crippen molar-refractivity contribution in [3.05, 3.63) is 23.2 Å². The van der Waals surface area contributed by atoms with Crippen LogP contribution in [0.25, 0.3) is 5.65 Å². The van der Waals surface area contributed by atoms with Crippen LogP contribution in [0.4, 0.5) is 5.82 Å². The van der Waals surface area contributed by atoms with E-state index in [9.17, 15) is 0 Å². The summed E-state index contributed by atoms with van der Waals surface area (Å²) >= 11 is 3.41. The number of halogens is 1. The van der Waals surface area contributed by atoms with E-state index >= 15 is 0 Å². The average molecular weight is 327 g/mol. The van der Waals surface area contributed by atoms with Gasteiger partial charge < -0.3 is 14.5 Å². The van der Waals surface area contributed by atoms with Gasteiger partial charge in [0.2, 0.25) is 0 Å². The largest absolute Gasteiger partial charge is 0.385 e. The van der Waals surface area contributed by atoms with Gasteiger partial charge in [0, 0.05) is 38.9 Å². The third-order valence-corrected chi connectivity index (χ3v) is 3.44. The fourth-order valence-corrected chi connectivity index (χ4v) is 2.21. The first-order chi connectivity index (χ1) is 9.02. The fourth-order valence-electron chi connectivity index (χ4n) is 1.81. The van der Waals surface area contributed by atoms with Crippen LogP contribution in [0.5, 0.6) is 0 Å². The summed E-state index contributed by atoms with van der Waals surface area (Å²) < 4.78 is 7.87. The Balaban J connectivity index is 2.11. The van der Waals surface area contributed by atoms with Gasteiger partial charge in [-0.15, -0.1) is 0 Å². The second-order valence-corrected chi connectivity index (χ2v) is 6.14. The normalized spacial score (nSPS) is 12.0. The van der Waals surface area contributed by atoms with Crippen LogP contribution >= 0.6 is 15.9 Å². The Morgan fingerprint density at radius 1 is 1.47 bits per heavy atom. The Hall–Kier alpha value is -1.14. The van der Waals surface area contributed by atoms with E-state index in [1.165, 1.54) is 0 Å². The second kappa shape index (κ2) is 5.88. The van der Waals surface area contributed by atoms with Gasteiger partial charge in [0.15, 0.2) is 11.5 Å². The molecule has 1 N–H and O–H groups in total. The fraction of sp³-hybridized carbons (Fsp3) is 0.538. The van der Waals surface area contributed by atoms with Crippen LogP contribution in [0.1, 0.15) is 20.3 Å². The van der Waals surface area contributed by atoms with Crippen molar-refractivity contribution >= 4 is 27.4 Å². The number of hydrogen-bond acceptors (Lipinski definition) is 4. The molecule has 0 aromatic carbocycles. The van der Waals surface area contributed by atoms with Gasteiger partial charge >= 0.3 is 0 Å². The van der Waals surface area contributed by atoms with Crippen molar-refractivity contribution in [2.75, 3.05) is 25.6 Å². The number of hydrogen-bond donors (Lipinski definition) is 1. The quantitative estimate of drug-likeness (QED) is 0.886. The third kappa shape index (κ3) is 3.67. The Bertz CT molecular complexity index is 553. The monoisotopic (exact) mass is 326 g/mol. The van der Waals surface area contributed by atoms with E-state index in [2.05, 4.69) is 45.1 Å². The molecule has 2 rings (SSSR count). The lowest BCUT2D eigenvalue weighted by Crippen LogP contribution is -2.25. The van der Waals surface area contributed by atoms with Crippen LogP contribution in [0, 0.1) is 5.41 Å². The average Bonchev–Trinajstić information content (AvgIpc) is 2.81. The van der Waals surface area contributed by atoms with Crippen molar-refractivity contribution < 1.29 is 4.74 Å². The van der Waals surface area contributed by atoms with Gasteiger partial charge in [-0.05, 0) is 27.8 Å². The molecular formula is C13H19BrN4O. The molecule has 0 aliphatic carbocycles. The maximum absolute atomic E-state index is 5.14. The first-order valence-corrected chi connectivity index (χ1v) is 7.03. The van der Waals surface area contributed by atoms with Crippen molar-refractivity contribution in [2.45, 2.75) is 20.3 Å². The number of nitrogens with zero attached hydrogens (tertiary/aromatic N) is 3. The van der Waals surface area contributed by atoms with Gasteiger partial charge in [0.25, 0.3) is 0 Å². The lowest BCUT2D eigenvalue weighted by molar-refractivity contribution is 0.157. The molecule has 0 spiro atoms. The summed E-state index contributed by atoms with van der Waals surface area (Å²) in [5, 5.41) is 3.38. The number of fused-ring (bicyclic) bond motifs is 1. The zero-order valence-corrected chi connectivity index (χ0v) is 13.1. The van der Waals surface area contributed by atoms with E-state index in [1.54, 1.807) is 13.3 Å². The van der Waals surface area contributed by atoms with Crippen LogP contribution in [-0.4, -0.2) is 34.6 Å². The number of aromatic nitrogens is 3. The highest BCUT2D eigenvalue weighted by Crippen LogP contribution is 2.23. The van der Waals surface area contributed by atoms with Crippen LogP contribution in [0.2, 0.25) is 0 Å². The molecular weight excluding hydrogens is 308 g/mol. The molecule has 0 amide bonds. The van der Waals surface area contributed by atoms with Crippen LogP contribution in [0.3, 0.4) is 0 Å². The predicted octanol–water partition coefficient (Wildman–Crippen LogP) is 2.97. The molecule has 0 atom stereocenters. The minimum absolute atomic E-state index is 0.142. The Kier molecular flexibility index (Phi) is 4.42. The number of methoxy groups -OCH3 is 1. The predicted molar refractivity (Wildman–Crippen MR) is 79.5 cm³/mol. The molecule has 0 fully saturated rings. The zero-order valence-electron chi connectivity index (χ0n) is 11.5. The summed E-state index contributed by atoms with van der Waals surface area (Å²) in [5.74, 6) is 0.796. The molecule has 2 aromatic heterocycles. The zero-order chi connectivity index (χ0) is 13.9. The Morgan fingerprint density at radius 2 is 2.26 bits per heavy atom. The highest BCUT2D eigenvalue weighted by atomic mass is 79.9. The van der Waals surface area contributed by atoms with Crippen molar-refractivity contribution in [3.63, 3.8) is 0 Å². The number of ether oxygens (including phenoxy) is 1. The summed E-state index contributed by atoms with van der Waals surface area (Å²) in [6, 6.07) is 0. The van der Waals surface area contributed by atoms with Gasteiger partial charge in [-0.25, -0.2) is 9.97 Å². The third-order valence-electron chi connectivity index (χ3n) is 3.06. The maximum Gasteiger partial charge on any atom is 0.180 e. The summed E-state index contributed by atoms with van der Waals surface area (Å²) in [6.45, 7) is 6.00.